The molecule has 0 aliphatic carbocycles. The lowest BCUT2D eigenvalue weighted by Crippen LogP contribution is -2.50. The quantitative estimate of drug-likeness (QED) is 0.426. The third-order valence-corrected chi connectivity index (χ3v) is 1.73. The van der Waals surface area contributed by atoms with Crippen molar-refractivity contribution in [2.45, 2.75) is 18.6 Å². The number of β-amino-alcohol motifs (C(OH)–C–C–N with tert-alkyl or cyclic N) is 1. The van der Waals surface area contributed by atoms with Crippen LogP contribution < -0.4 is 5.73 Å². The fraction of sp³-hybridized carbons (Fsp3) is 0.833. The van der Waals surface area contributed by atoms with E-state index < -0.39 is 12.2 Å². The number of amides is 1. The lowest BCUT2D eigenvalue weighted by molar-refractivity contribution is 0.0576. The van der Waals surface area contributed by atoms with E-state index in [1.54, 1.807) is 0 Å². The van der Waals surface area contributed by atoms with Crippen molar-refractivity contribution in [2.75, 3.05) is 13.1 Å². The molecule has 0 radical (unpaired) electrons. The summed E-state index contributed by atoms with van der Waals surface area (Å²) in [6.45, 7) is 0.509. The Labute approximate surface area is 64.4 Å². The number of carbonyl (C=O) groups is 1. The van der Waals surface area contributed by atoms with Crippen molar-refractivity contribution in [2.24, 2.45) is 5.73 Å². The van der Waals surface area contributed by atoms with E-state index in [0.717, 1.165) is 4.90 Å². The minimum atomic E-state index is -1.01. The largest absolute Gasteiger partial charge is 0.465 e. The monoisotopic (exact) mass is 160 g/mol. The maximum absolute atomic E-state index is 10.4. The van der Waals surface area contributed by atoms with Gasteiger partial charge in [-0.1, -0.05) is 0 Å². The number of likely N-dealkylation sites (tertiary alicyclic amines) is 1. The molecule has 1 heterocycles. The molecular formula is C6H12N2O3. The predicted molar refractivity (Wildman–Crippen MR) is 38.2 cm³/mol. The van der Waals surface area contributed by atoms with Gasteiger partial charge in [0.25, 0.3) is 0 Å². The number of hydrogen-bond acceptors (Lipinski definition) is 3. The highest BCUT2D eigenvalue weighted by atomic mass is 16.4. The second-order valence-electron chi connectivity index (χ2n) is 2.84. The van der Waals surface area contributed by atoms with E-state index in [4.69, 9.17) is 15.9 Å². The molecule has 0 spiro atoms. The van der Waals surface area contributed by atoms with Crippen LogP contribution in [0.25, 0.3) is 0 Å². The Morgan fingerprint density at radius 1 is 1.55 bits per heavy atom. The molecule has 1 saturated heterocycles. The Kier molecular flexibility index (Phi) is 2.31. The number of aliphatic hydroxyl groups excluding tert-OH is 1. The summed E-state index contributed by atoms with van der Waals surface area (Å²) < 4.78 is 0. The molecule has 1 aliphatic rings. The summed E-state index contributed by atoms with van der Waals surface area (Å²) in [4.78, 5) is 11.5. The average Bonchev–Trinajstić information content (AvgIpc) is 1.85. The van der Waals surface area contributed by atoms with Crippen LogP contribution in [0.3, 0.4) is 0 Å². The van der Waals surface area contributed by atoms with E-state index in [-0.39, 0.29) is 12.6 Å². The van der Waals surface area contributed by atoms with Crippen LogP contribution in [0.1, 0.15) is 6.42 Å². The van der Waals surface area contributed by atoms with Crippen LogP contribution in [0.5, 0.6) is 0 Å². The summed E-state index contributed by atoms with van der Waals surface area (Å²) in [6, 6.07) is -0.227. The molecule has 0 aromatic heterocycles. The second kappa shape index (κ2) is 3.06. The SMILES string of the molecule is NC1CC(O)CN(C(=O)O)C1. The van der Waals surface area contributed by atoms with Crippen LogP contribution in [0.15, 0.2) is 0 Å². The van der Waals surface area contributed by atoms with Crippen LogP contribution in [0.2, 0.25) is 0 Å². The minimum Gasteiger partial charge on any atom is -0.465 e. The topological polar surface area (TPSA) is 86.8 Å². The molecule has 11 heavy (non-hydrogen) atoms. The first-order valence-electron chi connectivity index (χ1n) is 3.51. The molecule has 64 valence electrons. The van der Waals surface area contributed by atoms with Crippen molar-refractivity contribution in [3.63, 3.8) is 0 Å². The van der Waals surface area contributed by atoms with E-state index in [2.05, 4.69) is 0 Å². The van der Waals surface area contributed by atoms with Gasteiger partial charge in [-0.05, 0) is 6.42 Å². The highest BCUT2D eigenvalue weighted by molar-refractivity contribution is 5.65. The van der Waals surface area contributed by atoms with Crippen LogP contribution in [-0.4, -0.2) is 46.4 Å². The lowest BCUT2D eigenvalue weighted by Gasteiger charge is -2.31. The van der Waals surface area contributed by atoms with Gasteiger partial charge in [-0.2, -0.15) is 0 Å². The van der Waals surface area contributed by atoms with Crippen LogP contribution in [0, 0.1) is 0 Å². The molecule has 5 heteroatoms. The van der Waals surface area contributed by atoms with Gasteiger partial charge in [0.1, 0.15) is 0 Å². The smallest absolute Gasteiger partial charge is 0.407 e. The van der Waals surface area contributed by atoms with Crippen LogP contribution in [0.4, 0.5) is 4.79 Å². The van der Waals surface area contributed by atoms with Crippen molar-refractivity contribution in [1.29, 1.82) is 0 Å². The van der Waals surface area contributed by atoms with Gasteiger partial charge < -0.3 is 20.8 Å². The standard InChI is InChI=1S/C6H12N2O3/c7-4-1-5(9)3-8(2-4)6(10)11/h4-5,9H,1-3,7H2,(H,10,11). The molecule has 2 unspecified atom stereocenters. The Morgan fingerprint density at radius 2 is 2.18 bits per heavy atom. The molecule has 1 amide bonds. The molecule has 5 nitrogen and oxygen atoms in total. The summed E-state index contributed by atoms with van der Waals surface area (Å²) in [7, 11) is 0. The summed E-state index contributed by atoms with van der Waals surface area (Å²) in [5.41, 5.74) is 5.49. The summed E-state index contributed by atoms with van der Waals surface area (Å²) >= 11 is 0. The molecule has 1 fully saturated rings. The number of nitrogens with zero attached hydrogens (tertiary/aromatic N) is 1. The summed E-state index contributed by atoms with van der Waals surface area (Å²) in [5, 5.41) is 17.6. The summed E-state index contributed by atoms with van der Waals surface area (Å²) in [5.74, 6) is 0. The minimum absolute atomic E-state index is 0.184. The number of piperidine rings is 1. The molecule has 4 N–H and O–H groups in total. The fourth-order valence-electron chi connectivity index (χ4n) is 1.27. The third-order valence-electron chi connectivity index (χ3n) is 1.73. The average molecular weight is 160 g/mol. The molecule has 0 bridgehead atoms. The number of hydrogen-bond donors (Lipinski definition) is 3. The van der Waals surface area contributed by atoms with E-state index >= 15 is 0 Å². The highest BCUT2D eigenvalue weighted by Gasteiger charge is 2.26. The van der Waals surface area contributed by atoms with Crippen molar-refractivity contribution < 1.29 is 15.0 Å². The number of carboxylic acid groups (broad SMARTS) is 1. The van der Waals surface area contributed by atoms with Gasteiger partial charge in [-0.3, -0.25) is 0 Å². The van der Waals surface area contributed by atoms with E-state index in [0.29, 0.717) is 13.0 Å². The van der Waals surface area contributed by atoms with Gasteiger partial charge in [-0.25, -0.2) is 4.79 Å². The van der Waals surface area contributed by atoms with Gasteiger partial charge in [-0.15, -0.1) is 0 Å². The Hall–Kier alpha value is -0.810. The Morgan fingerprint density at radius 3 is 2.64 bits per heavy atom. The third kappa shape index (κ3) is 2.06. The second-order valence-corrected chi connectivity index (χ2v) is 2.84. The van der Waals surface area contributed by atoms with Gasteiger partial charge in [0.05, 0.1) is 12.6 Å². The highest BCUT2D eigenvalue weighted by Crippen LogP contribution is 2.08. The van der Waals surface area contributed by atoms with Gasteiger partial charge in [0.2, 0.25) is 0 Å². The van der Waals surface area contributed by atoms with Crippen LogP contribution in [-0.2, 0) is 0 Å². The molecule has 1 aliphatic heterocycles. The zero-order valence-electron chi connectivity index (χ0n) is 6.10. The van der Waals surface area contributed by atoms with E-state index in [1.807, 2.05) is 0 Å². The normalized spacial score (nSPS) is 32.0. The van der Waals surface area contributed by atoms with Gasteiger partial charge in [0, 0.05) is 12.6 Å². The molecule has 0 aromatic rings. The van der Waals surface area contributed by atoms with Crippen molar-refractivity contribution >= 4 is 6.09 Å². The zero-order valence-corrected chi connectivity index (χ0v) is 6.10. The number of rotatable bonds is 0. The van der Waals surface area contributed by atoms with Crippen LogP contribution >= 0.6 is 0 Å². The first kappa shape index (κ1) is 8.29. The van der Waals surface area contributed by atoms with Gasteiger partial charge in [0.15, 0.2) is 0 Å². The fourth-order valence-corrected chi connectivity index (χ4v) is 1.27. The Balaban J connectivity index is 2.49. The van der Waals surface area contributed by atoms with E-state index in [9.17, 15) is 4.79 Å². The van der Waals surface area contributed by atoms with Crippen molar-refractivity contribution in [3.8, 4) is 0 Å². The van der Waals surface area contributed by atoms with E-state index in [1.165, 1.54) is 0 Å². The zero-order chi connectivity index (χ0) is 8.43. The first-order chi connectivity index (χ1) is 5.09. The molecule has 1 rings (SSSR count). The van der Waals surface area contributed by atoms with Crippen molar-refractivity contribution in [1.82, 2.24) is 4.90 Å². The number of nitrogens with two attached hydrogens (primary N) is 1. The molecule has 0 aromatic carbocycles. The molecule has 0 saturated carbocycles. The Bertz CT molecular complexity index is 152. The predicted octanol–water partition coefficient (Wildman–Crippen LogP) is -0.942. The maximum Gasteiger partial charge on any atom is 0.407 e. The lowest BCUT2D eigenvalue weighted by atomic mass is 10.1. The molecular weight excluding hydrogens is 148 g/mol. The molecule has 2 atom stereocenters. The van der Waals surface area contributed by atoms with Gasteiger partial charge >= 0.3 is 6.09 Å². The number of aliphatic hydroxyl groups is 1. The maximum atomic E-state index is 10.4. The summed E-state index contributed by atoms with van der Waals surface area (Å²) in [6.07, 6.45) is -1.13. The van der Waals surface area contributed by atoms with Crippen molar-refractivity contribution in [3.05, 3.63) is 0 Å². The first-order valence-corrected chi connectivity index (χ1v) is 3.51.